The summed E-state index contributed by atoms with van der Waals surface area (Å²) in [5.74, 6) is -1.65. The maximum absolute atomic E-state index is 12.3. The van der Waals surface area contributed by atoms with Crippen LogP contribution in [-0.4, -0.2) is 66.6 Å². The van der Waals surface area contributed by atoms with Gasteiger partial charge in [-0.25, -0.2) is 8.98 Å². The van der Waals surface area contributed by atoms with Crippen LogP contribution in [0.15, 0.2) is 0 Å². The number of nitrogens with zero attached hydrogens (tertiary/aromatic N) is 2. The Bertz CT molecular complexity index is 692. The summed E-state index contributed by atoms with van der Waals surface area (Å²) >= 11 is 0. The molecule has 0 radical (unpaired) electrons. The lowest BCUT2D eigenvalue weighted by Gasteiger charge is -2.27. The number of carbonyl (C=O) groups is 3. The van der Waals surface area contributed by atoms with Gasteiger partial charge >= 0.3 is 22.4 Å². The molecule has 148 valence electrons. The van der Waals surface area contributed by atoms with E-state index in [1.807, 2.05) is 0 Å². The Kier molecular flexibility index (Phi) is 5.78. The zero-order valence-electron chi connectivity index (χ0n) is 14.6. The summed E-state index contributed by atoms with van der Waals surface area (Å²) in [4.78, 5) is 35.5. The van der Waals surface area contributed by atoms with Gasteiger partial charge in [0.05, 0.1) is 12.6 Å². The molecule has 3 amide bonds. The van der Waals surface area contributed by atoms with Crippen molar-refractivity contribution in [3.8, 4) is 0 Å². The zero-order chi connectivity index (χ0) is 19.7. The Hall–Kier alpha value is -1.92. The minimum atomic E-state index is -4.53. The van der Waals surface area contributed by atoms with E-state index in [2.05, 4.69) is 0 Å². The Labute approximate surface area is 151 Å². The largest absolute Gasteiger partial charge is 0.481 e. The summed E-state index contributed by atoms with van der Waals surface area (Å²) in [5, 5.41) is 9.40. The molecule has 0 saturated carbocycles. The van der Waals surface area contributed by atoms with Gasteiger partial charge in [-0.1, -0.05) is 13.8 Å². The smallest absolute Gasteiger partial charge is 0.421 e. The molecular weight excluding hydrogens is 370 g/mol. The summed E-state index contributed by atoms with van der Waals surface area (Å²) < 4.78 is 33.7. The molecular formula is C14H23N3O8S. The molecule has 0 spiro atoms. The number of hydrogen-bond donors (Lipinski definition) is 2. The molecule has 0 aromatic rings. The number of urea groups is 1. The number of piperidine rings is 1. The second kappa shape index (κ2) is 7.37. The van der Waals surface area contributed by atoms with Crippen LogP contribution in [0.2, 0.25) is 0 Å². The van der Waals surface area contributed by atoms with Crippen molar-refractivity contribution in [2.45, 2.75) is 51.6 Å². The van der Waals surface area contributed by atoms with Gasteiger partial charge in [0, 0.05) is 13.0 Å². The van der Waals surface area contributed by atoms with Crippen molar-refractivity contribution in [1.82, 2.24) is 9.96 Å². The van der Waals surface area contributed by atoms with Gasteiger partial charge in [-0.05, 0) is 24.7 Å². The molecule has 2 fully saturated rings. The maximum Gasteiger partial charge on any atom is 0.421 e. The predicted octanol–water partition coefficient (Wildman–Crippen LogP) is -0.176. The van der Waals surface area contributed by atoms with Crippen LogP contribution in [0, 0.1) is 5.41 Å². The van der Waals surface area contributed by atoms with E-state index in [1.165, 1.54) is 4.90 Å². The van der Waals surface area contributed by atoms with Crippen LogP contribution in [0.4, 0.5) is 4.79 Å². The van der Waals surface area contributed by atoms with Crippen LogP contribution < -0.4 is 5.73 Å². The average Bonchev–Trinajstić information content (AvgIpc) is 2.76. The number of fused-ring (bicyclic) bond motifs is 2. The fourth-order valence-electron chi connectivity index (χ4n) is 2.89. The molecule has 2 bridgehead atoms. The van der Waals surface area contributed by atoms with Crippen molar-refractivity contribution in [1.29, 1.82) is 0 Å². The number of carboxylic acid groups (broad SMARTS) is 1. The minimum absolute atomic E-state index is 0.132. The van der Waals surface area contributed by atoms with Crippen molar-refractivity contribution in [3.05, 3.63) is 0 Å². The lowest BCUT2D eigenvalue weighted by molar-refractivity contribution is -0.137. The molecule has 11 nitrogen and oxygen atoms in total. The van der Waals surface area contributed by atoms with E-state index in [0.29, 0.717) is 17.9 Å². The second-order valence-electron chi connectivity index (χ2n) is 7.21. The van der Waals surface area contributed by atoms with Gasteiger partial charge < -0.3 is 15.7 Å². The monoisotopic (exact) mass is 393 g/mol. The van der Waals surface area contributed by atoms with Gasteiger partial charge in [-0.2, -0.15) is 13.5 Å². The van der Waals surface area contributed by atoms with E-state index < -0.39 is 45.8 Å². The molecule has 2 rings (SSSR count). The fraction of sp³-hybridized carbons (Fsp3) is 0.786. The van der Waals surface area contributed by atoms with Crippen molar-refractivity contribution >= 4 is 28.3 Å². The van der Waals surface area contributed by atoms with Gasteiger partial charge in [-0.3, -0.25) is 9.59 Å². The number of carbonyl (C=O) groups excluding carboxylic acids is 2. The zero-order valence-corrected chi connectivity index (χ0v) is 15.4. The maximum atomic E-state index is 12.3. The highest BCUT2D eigenvalue weighted by Crippen LogP contribution is 2.31. The molecule has 0 aliphatic carbocycles. The topological polar surface area (TPSA) is 157 Å². The van der Waals surface area contributed by atoms with Crippen LogP contribution in [0.1, 0.15) is 39.5 Å². The second-order valence-corrected chi connectivity index (χ2v) is 8.41. The molecule has 0 aromatic carbocycles. The third-order valence-corrected chi connectivity index (χ3v) is 5.18. The Morgan fingerprint density at radius 3 is 2.58 bits per heavy atom. The lowest BCUT2D eigenvalue weighted by atomic mass is 9.89. The van der Waals surface area contributed by atoms with Crippen LogP contribution in [0.3, 0.4) is 0 Å². The van der Waals surface area contributed by atoms with Gasteiger partial charge in [-0.15, -0.1) is 4.28 Å². The normalized spacial score (nSPS) is 23.4. The van der Waals surface area contributed by atoms with Crippen LogP contribution in [-0.2, 0) is 28.5 Å². The van der Waals surface area contributed by atoms with E-state index in [4.69, 9.17) is 19.3 Å². The van der Waals surface area contributed by atoms with E-state index in [-0.39, 0.29) is 26.0 Å². The van der Waals surface area contributed by atoms with E-state index in [0.717, 1.165) is 0 Å². The molecule has 2 aliphatic rings. The predicted molar refractivity (Wildman–Crippen MR) is 86.6 cm³/mol. The quantitative estimate of drug-likeness (QED) is 0.546. The molecule has 2 saturated heterocycles. The molecule has 0 aromatic heterocycles. The molecule has 26 heavy (non-hydrogen) atoms. The first-order valence-electron chi connectivity index (χ1n) is 8.12. The molecule has 2 atom stereocenters. The number of hydroxylamine groups is 2. The molecule has 12 heteroatoms. The van der Waals surface area contributed by atoms with Crippen molar-refractivity contribution < 1.29 is 36.4 Å². The van der Waals surface area contributed by atoms with E-state index in [1.54, 1.807) is 13.8 Å². The highest BCUT2D eigenvalue weighted by molar-refractivity contribution is 7.81. The lowest BCUT2D eigenvalue weighted by Crippen LogP contribution is -2.47. The van der Waals surface area contributed by atoms with Crippen LogP contribution in [0.5, 0.6) is 0 Å². The van der Waals surface area contributed by atoms with Gasteiger partial charge in [0.1, 0.15) is 6.04 Å². The van der Waals surface area contributed by atoms with Crippen LogP contribution >= 0.6 is 0 Å². The first kappa shape index (κ1) is 20.4. The SMILES string of the molecule is CC(C)(CCC(=O)O)COS(=O)(=O)ON1C(=O)N2C[C@H]1CC[C@H]2C(N)=O. The first-order valence-corrected chi connectivity index (χ1v) is 9.45. The summed E-state index contributed by atoms with van der Waals surface area (Å²) in [6.45, 7) is 3.15. The van der Waals surface area contributed by atoms with Crippen molar-refractivity contribution in [2.24, 2.45) is 11.1 Å². The third-order valence-electron chi connectivity index (χ3n) is 4.43. The Morgan fingerprint density at radius 2 is 2.00 bits per heavy atom. The number of aliphatic carboxylic acids is 1. The number of amides is 3. The number of rotatable bonds is 9. The van der Waals surface area contributed by atoms with Crippen molar-refractivity contribution in [3.63, 3.8) is 0 Å². The molecule has 3 N–H and O–H groups in total. The third kappa shape index (κ3) is 4.83. The van der Waals surface area contributed by atoms with Gasteiger partial charge in [0.2, 0.25) is 5.91 Å². The molecule has 2 aliphatic heterocycles. The fourth-order valence-corrected chi connectivity index (χ4v) is 3.78. The Morgan fingerprint density at radius 1 is 1.35 bits per heavy atom. The van der Waals surface area contributed by atoms with Gasteiger partial charge in [0.25, 0.3) is 0 Å². The number of primary amides is 1. The summed E-state index contributed by atoms with van der Waals surface area (Å²) in [5.41, 5.74) is 4.53. The summed E-state index contributed by atoms with van der Waals surface area (Å²) in [7, 11) is -4.53. The summed E-state index contributed by atoms with van der Waals surface area (Å²) in [6.07, 6.45) is 0.773. The summed E-state index contributed by atoms with van der Waals surface area (Å²) in [6, 6.07) is -2.06. The Balaban J connectivity index is 1.96. The number of nitrogens with two attached hydrogens (primary N) is 1. The average molecular weight is 393 g/mol. The molecule has 0 unspecified atom stereocenters. The van der Waals surface area contributed by atoms with E-state index in [9.17, 15) is 22.8 Å². The van der Waals surface area contributed by atoms with Crippen LogP contribution in [0.25, 0.3) is 0 Å². The standard InChI is InChI=1S/C14H23N3O8S/c1-14(2,6-5-11(18)19)8-24-26(22,23)25-17-9-3-4-10(12(15)20)16(7-9)13(17)21/h9-10H,3-8H2,1-2H3,(H2,15,20)(H,18,19)/t9-,10+/m1/s1. The number of carboxylic acids is 1. The first-order chi connectivity index (χ1) is 11.9. The van der Waals surface area contributed by atoms with Crippen molar-refractivity contribution in [2.75, 3.05) is 13.2 Å². The molecule has 2 heterocycles. The van der Waals surface area contributed by atoms with Gasteiger partial charge in [0.15, 0.2) is 0 Å². The minimum Gasteiger partial charge on any atom is -0.481 e. The number of hydrogen-bond acceptors (Lipinski definition) is 7. The highest BCUT2D eigenvalue weighted by atomic mass is 32.3. The highest BCUT2D eigenvalue weighted by Gasteiger charge is 2.49. The van der Waals surface area contributed by atoms with E-state index >= 15 is 0 Å².